The van der Waals surface area contributed by atoms with Crippen LogP contribution in [0.3, 0.4) is 0 Å². The maximum atomic E-state index is 12.8. The van der Waals surface area contributed by atoms with Gasteiger partial charge in [0.1, 0.15) is 0 Å². The summed E-state index contributed by atoms with van der Waals surface area (Å²) in [6.45, 7) is 1.72. The minimum absolute atomic E-state index is 0.168. The Kier molecular flexibility index (Phi) is 5.55. The van der Waals surface area contributed by atoms with Crippen molar-refractivity contribution < 1.29 is 23.5 Å². The van der Waals surface area contributed by atoms with Crippen molar-refractivity contribution in [3.8, 4) is 0 Å². The quantitative estimate of drug-likeness (QED) is 0.657. The second kappa shape index (κ2) is 8.22. The summed E-state index contributed by atoms with van der Waals surface area (Å²) in [5, 5.41) is 5.44. The maximum Gasteiger partial charge on any atom is 0.339 e. The summed E-state index contributed by atoms with van der Waals surface area (Å²) in [6, 6.07) is 14.7. The average molecular weight is 378 g/mol. The van der Waals surface area contributed by atoms with Gasteiger partial charge in [0.05, 0.1) is 24.6 Å². The summed E-state index contributed by atoms with van der Waals surface area (Å²) in [4.78, 5) is 36.8. The van der Waals surface area contributed by atoms with E-state index in [1.807, 2.05) is 0 Å². The molecule has 0 saturated heterocycles. The number of benzene rings is 2. The first-order valence-corrected chi connectivity index (χ1v) is 8.44. The Morgan fingerprint density at radius 1 is 0.821 bits per heavy atom. The van der Waals surface area contributed by atoms with Crippen molar-refractivity contribution >= 4 is 29.2 Å². The first-order chi connectivity index (χ1) is 13.5. The molecule has 2 N–H and O–H groups in total. The molecule has 0 fully saturated rings. The Labute approximate surface area is 161 Å². The zero-order valence-electron chi connectivity index (χ0n) is 15.3. The lowest BCUT2D eigenvalue weighted by Crippen LogP contribution is -2.18. The number of rotatable bonds is 5. The van der Waals surface area contributed by atoms with E-state index in [1.54, 1.807) is 61.5 Å². The highest BCUT2D eigenvalue weighted by Crippen LogP contribution is 2.22. The van der Waals surface area contributed by atoms with Crippen LogP contribution in [-0.2, 0) is 4.74 Å². The lowest BCUT2D eigenvalue weighted by Gasteiger charge is -2.13. The van der Waals surface area contributed by atoms with Crippen LogP contribution in [0.2, 0.25) is 0 Å². The number of anilines is 2. The molecule has 0 radical (unpaired) electrons. The molecule has 0 aliphatic rings. The van der Waals surface area contributed by atoms with Gasteiger partial charge in [0.25, 0.3) is 11.8 Å². The van der Waals surface area contributed by atoms with E-state index in [2.05, 4.69) is 10.6 Å². The Morgan fingerprint density at radius 2 is 1.50 bits per heavy atom. The van der Waals surface area contributed by atoms with Crippen molar-refractivity contribution in [2.24, 2.45) is 0 Å². The lowest BCUT2D eigenvalue weighted by atomic mass is 10.1. The fourth-order valence-electron chi connectivity index (χ4n) is 2.68. The predicted molar refractivity (Wildman–Crippen MR) is 104 cm³/mol. The summed E-state index contributed by atoms with van der Waals surface area (Å²) in [7, 11) is 1.27. The molecular weight excluding hydrogens is 360 g/mol. The van der Waals surface area contributed by atoms with Gasteiger partial charge in [-0.15, -0.1) is 0 Å². The predicted octanol–water partition coefficient (Wildman–Crippen LogP) is 3.88. The van der Waals surface area contributed by atoms with Crippen LogP contribution >= 0.6 is 0 Å². The standard InChI is InChI=1S/C21H18N2O5/c1-13-14(8-5-10-16(13)22-20(25)18-11-6-12-28-18)19(24)23-17-9-4-3-7-15(17)21(26)27-2/h3-12H,1-2H3,(H,22,25)(H,23,24). The van der Waals surface area contributed by atoms with Crippen molar-refractivity contribution in [1.29, 1.82) is 0 Å². The zero-order valence-corrected chi connectivity index (χ0v) is 15.3. The molecule has 0 atom stereocenters. The molecule has 0 bridgehead atoms. The highest BCUT2D eigenvalue weighted by molar-refractivity contribution is 6.10. The van der Waals surface area contributed by atoms with Crippen molar-refractivity contribution in [1.82, 2.24) is 0 Å². The number of amides is 2. The van der Waals surface area contributed by atoms with Gasteiger partial charge in [-0.2, -0.15) is 0 Å². The van der Waals surface area contributed by atoms with Crippen LogP contribution in [0.15, 0.2) is 65.3 Å². The van der Waals surface area contributed by atoms with Gasteiger partial charge in [-0.3, -0.25) is 9.59 Å². The van der Waals surface area contributed by atoms with Crippen molar-refractivity contribution in [2.75, 3.05) is 17.7 Å². The van der Waals surface area contributed by atoms with Crippen LogP contribution in [0.5, 0.6) is 0 Å². The minimum atomic E-state index is -0.549. The molecule has 7 nitrogen and oxygen atoms in total. The van der Waals surface area contributed by atoms with E-state index in [0.29, 0.717) is 22.5 Å². The fourth-order valence-corrected chi connectivity index (χ4v) is 2.68. The maximum absolute atomic E-state index is 12.8. The number of hydrogen-bond donors (Lipinski definition) is 2. The van der Waals surface area contributed by atoms with Gasteiger partial charge < -0.3 is 19.8 Å². The second-order valence-electron chi connectivity index (χ2n) is 5.90. The number of hydrogen-bond acceptors (Lipinski definition) is 5. The zero-order chi connectivity index (χ0) is 20.1. The molecule has 7 heteroatoms. The van der Waals surface area contributed by atoms with Gasteiger partial charge in [-0.05, 0) is 48.9 Å². The van der Waals surface area contributed by atoms with E-state index < -0.39 is 17.8 Å². The number of nitrogens with one attached hydrogen (secondary N) is 2. The van der Waals surface area contributed by atoms with Crippen LogP contribution in [-0.4, -0.2) is 24.9 Å². The fraction of sp³-hybridized carbons (Fsp3) is 0.0952. The molecule has 0 saturated carbocycles. The van der Waals surface area contributed by atoms with E-state index in [1.165, 1.54) is 13.4 Å². The SMILES string of the molecule is COC(=O)c1ccccc1NC(=O)c1cccc(NC(=O)c2ccco2)c1C. The van der Waals surface area contributed by atoms with E-state index in [4.69, 9.17) is 9.15 Å². The Bertz CT molecular complexity index is 1030. The first-order valence-electron chi connectivity index (χ1n) is 8.44. The summed E-state index contributed by atoms with van der Waals surface area (Å²) >= 11 is 0. The van der Waals surface area contributed by atoms with Gasteiger partial charge in [-0.1, -0.05) is 18.2 Å². The molecule has 0 aliphatic heterocycles. The largest absolute Gasteiger partial charge is 0.465 e. The summed E-state index contributed by atoms with van der Waals surface area (Å²) in [6.07, 6.45) is 1.41. The number of methoxy groups -OCH3 is 1. The van der Waals surface area contributed by atoms with Gasteiger partial charge >= 0.3 is 5.97 Å². The molecule has 28 heavy (non-hydrogen) atoms. The third-order valence-corrected chi connectivity index (χ3v) is 4.15. The monoisotopic (exact) mass is 378 g/mol. The summed E-state index contributed by atoms with van der Waals surface area (Å²) in [5.74, 6) is -1.21. The first kappa shape index (κ1) is 18.9. The third-order valence-electron chi connectivity index (χ3n) is 4.15. The molecule has 3 aromatic rings. The molecule has 0 unspecified atom stereocenters. The molecule has 142 valence electrons. The van der Waals surface area contributed by atoms with E-state index >= 15 is 0 Å². The van der Waals surface area contributed by atoms with Gasteiger partial charge in [0.2, 0.25) is 0 Å². The molecule has 2 aromatic carbocycles. The van der Waals surface area contributed by atoms with Crippen molar-refractivity contribution in [3.63, 3.8) is 0 Å². The molecule has 2 amide bonds. The molecule has 3 rings (SSSR count). The highest BCUT2D eigenvalue weighted by Gasteiger charge is 2.18. The Morgan fingerprint density at radius 3 is 2.21 bits per heavy atom. The van der Waals surface area contributed by atoms with Crippen molar-refractivity contribution in [3.05, 3.63) is 83.3 Å². The van der Waals surface area contributed by atoms with Gasteiger partial charge in [0.15, 0.2) is 5.76 Å². The van der Waals surface area contributed by atoms with Gasteiger partial charge in [-0.25, -0.2) is 4.79 Å². The number of para-hydroxylation sites is 1. The molecule has 0 aliphatic carbocycles. The number of ether oxygens (including phenoxy) is 1. The highest BCUT2D eigenvalue weighted by atomic mass is 16.5. The summed E-state index contributed by atoms with van der Waals surface area (Å²) in [5.41, 5.74) is 2.00. The van der Waals surface area contributed by atoms with Crippen LogP contribution in [0.4, 0.5) is 11.4 Å². The van der Waals surface area contributed by atoms with Gasteiger partial charge in [0, 0.05) is 11.3 Å². The van der Waals surface area contributed by atoms with E-state index in [0.717, 1.165) is 0 Å². The van der Waals surface area contributed by atoms with Crippen LogP contribution in [0, 0.1) is 6.92 Å². The Balaban J connectivity index is 1.84. The Hall–Kier alpha value is -3.87. The van der Waals surface area contributed by atoms with E-state index in [9.17, 15) is 14.4 Å². The lowest BCUT2D eigenvalue weighted by molar-refractivity contribution is 0.0601. The normalized spacial score (nSPS) is 10.2. The second-order valence-corrected chi connectivity index (χ2v) is 5.90. The third kappa shape index (κ3) is 3.93. The minimum Gasteiger partial charge on any atom is -0.465 e. The average Bonchev–Trinajstić information content (AvgIpc) is 3.24. The smallest absolute Gasteiger partial charge is 0.339 e. The number of carbonyl (C=O) groups excluding carboxylic acids is 3. The van der Waals surface area contributed by atoms with Crippen LogP contribution in [0.25, 0.3) is 0 Å². The van der Waals surface area contributed by atoms with E-state index in [-0.39, 0.29) is 11.3 Å². The molecule has 1 aromatic heterocycles. The number of carbonyl (C=O) groups is 3. The van der Waals surface area contributed by atoms with Crippen molar-refractivity contribution in [2.45, 2.75) is 6.92 Å². The summed E-state index contributed by atoms with van der Waals surface area (Å²) < 4.78 is 9.81. The number of furan rings is 1. The number of esters is 1. The molecular formula is C21H18N2O5. The molecule has 0 spiro atoms. The van der Waals surface area contributed by atoms with Crippen LogP contribution < -0.4 is 10.6 Å². The topological polar surface area (TPSA) is 97.6 Å². The van der Waals surface area contributed by atoms with Crippen LogP contribution in [0.1, 0.15) is 36.8 Å². The molecule has 1 heterocycles.